The first-order chi connectivity index (χ1) is 9.33. The van der Waals surface area contributed by atoms with Crippen molar-refractivity contribution in [2.24, 2.45) is 5.92 Å². The van der Waals surface area contributed by atoms with Gasteiger partial charge in [0, 0.05) is 12.5 Å². The SMILES string of the molecule is CCc1nc2ccccc2n1C1CCCC(CC)C1. The molecule has 2 aromatic rings. The normalized spacial score (nSPS) is 23.9. The number of aromatic nitrogens is 2. The molecule has 1 saturated carbocycles. The van der Waals surface area contributed by atoms with Crippen molar-refractivity contribution in [1.82, 2.24) is 9.55 Å². The Labute approximate surface area is 115 Å². The molecule has 3 rings (SSSR count). The molecule has 1 aliphatic carbocycles. The van der Waals surface area contributed by atoms with Crippen molar-refractivity contribution in [2.45, 2.75) is 58.4 Å². The Kier molecular flexibility index (Phi) is 3.58. The summed E-state index contributed by atoms with van der Waals surface area (Å²) in [6.07, 6.45) is 7.81. The zero-order chi connectivity index (χ0) is 13.2. The van der Waals surface area contributed by atoms with Crippen LogP contribution in [0.25, 0.3) is 11.0 Å². The van der Waals surface area contributed by atoms with E-state index in [-0.39, 0.29) is 0 Å². The maximum absolute atomic E-state index is 4.82. The minimum Gasteiger partial charge on any atom is -0.325 e. The monoisotopic (exact) mass is 256 g/mol. The van der Waals surface area contributed by atoms with E-state index in [0.29, 0.717) is 6.04 Å². The second-order valence-electron chi connectivity index (χ2n) is 5.84. The highest BCUT2D eigenvalue weighted by Gasteiger charge is 2.25. The van der Waals surface area contributed by atoms with E-state index in [2.05, 4.69) is 42.7 Å². The van der Waals surface area contributed by atoms with E-state index in [1.807, 2.05) is 0 Å². The number of nitrogens with zero attached hydrogens (tertiary/aromatic N) is 2. The highest BCUT2D eigenvalue weighted by Crippen LogP contribution is 2.36. The zero-order valence-corrected chi connectivity index (χ0v) is 12.1. The minimum atomic E-state index is 0.668. The van der Waals surface area contributed by atoms with E-state index in [1.54, 1.807) is 0 Å². The molecule has 2 nitrogen and oxygen atoms in total. The summed E-state index contributed by atoms with van der Waals surface area (Å²) in [6.45, 7) is 4.55. The Morgan fingerprint density at radius 2 is 2.05 bits per heavy atom. The molecule has 102 valence electrons. The molecule has 1 aliphatic rings. The van der Waals surface area contributed by atoms with Gasteiger partial charge in [-0.1, -0.05) is 45.2 Å². The first-order valence-corrected chi connectivity index (χ1v) is 7.79. The summed E-state index contributed by atoms with van der Waals surface area (Å²) in [5, 5.41) is 0. The summed E-state index contributed by atoms with van der Waals surface area (Å²) < 4.78 is 2.54. The molecule has 2 unspecified atom stereocenters. The molecule has 2 heteroatoms. The smallest absolute Gasteiger partial charge is 0.109 e. The lowest BCUT2D eigenvalue weighted by Gasteiger charge is -2.31. The van der Waals surface area contributed by atoms with Gasteiger partial charge in [0.2, 0.25) is 0 Å². The average molecular weight is 256 g/mol. The van der Waals surface area contributed by atoms with Crippen molar-refractivity contribution in [3.63, 3.8) is 0 Å². The van der Waals surface area contributed by atoms with E-state index >= 15 is 0 Å². The number of imidazole rings is 1. The topological polar surface area (TPSA) is 17.8 Å². The molecule has 0 aliphatic heterocycles. The van der Waals surface area contributed by atoms with Crippen LogP contribution in [0.2, 0.25) is 0 Å². The fourth-order valence-electron chi connectivity index (χ4n) is 3.62. The van der Waals surface area contributed by atoms with E-state index < -0.39 is 0 Å². The Bertz CT molecular complexity index is 555. The fraction of sp³-hybridized carbons (Fsp3) is 0.588. The number of rotatable bonds is 3. The first-order valence-electron chi connectivity index (χ1n) is 7.79. The predicted molar refractivity (Wildman–Crippen MR) is 80.4 cm³/mol. The van der Waals surface area contributed by atoms with Gasteiger partial charge < -0.3 is 4.57 Å². The minimum absolute atomic E-state index is 0.668. The number of hydrogen-bond donors (Lipinski definition) is 0. The van der Waals surface area contributed by atoms with Crippen LogP contribution in [0.4, 0.5) is 0 Å². The average Bonchev–Trinajstić information content (AvgIpc) is 2.85. The number of hydrogen-bond acceptors (Lipinski definition) is 1. The van der Waals surface area contributed by atoms with E-state index in [9.17, 15) is 0 Å². The van der Waals surface area contributed by atoms with Crippen molar-refractivity contribution in [3.05, 3.63) is 30.1 Å². The molecule has 0 bridgehead atoms. The van der Waals surface area contributed by atoms with Crippen LogP contribution in [-0.4, -0.2) is 9.55 Å². The maximum Gasteiger partial charge on any atom is 0.109 e. The van der Waals surface area contributed by atoms with Crippen LogP contribution in [0.1, 0.15) is 57.8 Å². The highest BCUT2D eigenvalue weighted by molar-refractivity contribution is 5.76. The van der Waals surface area contributed by atoms with Crippen molar-refractivity contribution in [1.29, 1.82) is 0 Å². The van der Waals surface area contributed by atoms with Gasteiger partial charge in [-0.05, 0) is 30.9 Å². The van der Waals surface area contributed by atoms with Crippen molar-refractivity contribution in [3.8, 4) is 0 Å². The maximum atomic E-state index is 4.82. The van der Waals surface area contributed by atoms with Crippen LogP contribution in [0.15, 0.2) is 24.3 Å². The fourth-order valence-corrected chi connectivity index (χ4v) is 3.62. The summed E-state index contributed by atoms with van der Waals surface area (Å²) in [7, 11) is 0. The molecule has 2 atom stereocenters. The molecule has 19 heavy (non-hydrogen) atoms. The molecule has 1 aromatic heterocycles. The second kappa shape index (κ2) is 5.36. The lowest BCUT2D eigenvalue weighted by Crippen LogP contribution is -2.20. The van der Waals surface area contributed by atoms with Gasteiger partial charge in [-0.3, -0.25) is 0 Å². The Hall–Kier alpha value is -1.31. The van der Waals surface area contributed by atoms with Gasteiger partial charge in [-0.15, -0.1) is 0 Å². The van der Waals surface area contributed by atoms with Gasteiger partial charge in [0.1, 0.15) is 5.82 Å². The summed E-state index contributed by atoms with van der Waals surface area (Å²) >= 11 is 0. The molecule has 0 amide bonds. The number of benzene rings is 1. The van der Waals surface area contributed by atoms with E-state index in [0.717, 1.165) is 17.9 Å². The van der Waals surface area contributed by atoms with Crippen LogP contribution in [0, 0.1) is 5.92 Å². The lowest BCUT2D eigenvalue weighted by molar-refractivity contribution is 0.261. The van der Waals surface area contributed by atoms with Crippen molar-refractivity contribution in [2.75, 3.05) is 0 Å². The lowest BCUT2D eigenvalue weighted by atomic mass is 9.84. The van der Waals surface area contributed by atoms with Gasteiger partial charge >= 0.3 is 0 Å². The highest BCUT2D eigenvalue weighted by atomic mass is 15.1. The second-order valence-corrected chi connectivity index (χ2v) is 5.84. The number of para-hydroxylation sites is 2. The number of aryl methyl sites for hydroxylation is 1. The third-order valence-electron chi connectivity index (χ3n) is 4.68. The number of fused-ring (bicyclic) bond motifs is 1. The summed E-state index contributed by atoms with van der Waals surface area (Å²) in [5.41, 5.74) is 2.50. The molecule has 1 heterocycles. The summed E-state index contributed by atoms with van der Waals surface area (Å²) in [4.78, 5) is 4.82. The molecular formula is C17H24N2. The largest absolute Gasteiger partial charge is 0.325 e. The predicted octanol–water partition coefficient (Wildman–Crippen LogP) is 4.74. The van der Waals surface area contributed by atoms with Gasteiger partial charge in [-0.2, -0.15) is 0 Å². The van der Waals surface area contributed by atoms with Crippen LogP contribution >= 0.6 is 0 Å². The van der Waals surface area contributed by atoms with E-state index in [1.165, 1.54) is 43.4 Å². The van der Waals surface area contributed by atoms with Crippen molar-refractivity contribution < 1.29 is 0 Å². The first kappa shape index (κ1) is 12.7. The Morgan fingerprint density at radius 1 is 1.21 bits per heavy atom. The third kappa shape index (κ3) is 2.29. The van der Waals surface area contributed by atoms with Gasteiger partial charge in [0.25, 0.3) is 0 Å². The molecule has 0 spiro atoms. The zero-order valence-electron chi connectivity index (χ0n) is 12.1. The molecule has 1 fully saturated rings. The van der Waals surface area contributed by atoms with Gasteiger partial charge in [0.15, 0.2) is 0 Å². The molecule has 0 radical (unpaired) electrons. The van der Waals surface area contributed by atoms with Gasteiger partial charge in [-0.25, -0.2) is 4.98 Å². The van der Waals surface area contributed by atoms with Crippen molar-refractivity contribution >= 4 is 11.0 Å². The molecular weight excluding hydrogens is 232 g/mol. The van der Waals surface area contributed by atoms with Gasteiger partial charge in [0.05, 0.1) is 11.0 Å². The Balaban J connectivity index is 2.02. The van der Waals surface area contributed by atoms with Crippen LogP contribution in [-0.2, 0) is 6.42 Å². The summed E-state index contributed by atoms with van der Waals surface area (Å²) in [6, 6.07) is 9.28. The van der Waals surface area contributed by atoms with Crippen LogP contribution in [0.3, 0.4) is 0 Å². The third-order valence-corrected chi connectivity index (χ3v) is 4.68. The molecule has 0 N–H and O–H groups in total. The standard InChI is InChI=1S/C17H24N2/c1-3-13-8-7-9-14(12-13)19-16-11-6-5-10-15(16)18-17(19)4-2/h5-6,10-11,13-14H,3-4,7-9,12H2,1-2H3. The quantitative estimate of drug-likeness (QED) is 0.775. The van der Waals surface area contributed by atoms with Crippen LogP contribution < -0.4 is 0 Å². The Morgan fingerprint density at radius 3 is 2.84 bits per heavy atom. The van der Waals surface area contributed by atoms with Crippen LogP contribution in [0.5, 0.6) is 0 Å². The molecule has 0 saturated heterocycles. The summed E-state index contributed by atoms with van der Waals surface area (Å²) in [5.74, 6) is 2.17. The molecule has 1 aromatic carbocycles. The van der Waals surface area contributed by atoms with E-state index in [4.69, 9.17) is 4.98 Å².